The molecule has 0 spiro atoms. The van der Waals surface area contributed by atoms with Crippen molar-refractivity contribution in [2.24, 2.45) is 29.2 Å². The van der Waals surface area contributed by atoms with Crippen molar-refractivity contribution in [2.45, 2.75) is 336 Å². The molecular formula is C78H134N20O21. The van der Waals surface area contributed by atoms with Gasteiger partial charge in [-0.1, -0.05) is 48.5 Å². The maximum absolute atomic E-state index is 14.3. The summed E-state index contributed by atoms with van der Waals surface area (Å²) in [5.41, 5.74) is -3.05. The van der Waals surface area contributed by atoms with E-state index in [0.717, 1.165) is 0 Å². The third-order valence-electron chi connectivity index (χ3n) is 19.6. The molecule has 0 aromatic carbocycles. The first-order valence-corrected chi connectivity index (χ1v) is 39.8. The van der Waals surface area contributed by atoms with E-state index in [1.54, 1.807) is 48.5 Å². The van der Waals surface area contributed by atoms with Crippen molar-refractivity contribution in [1.29, 1.82) is 0 Å². The van der Waals surface area contributed by atoms with Gasteiger partial charge in [0.15, 0.2) is 0 Å². The van der Waals surface area contributed by atoms with E-state index in [1.165, 1.54) is 136 Å². The van der Waals surface area contributed by atoms with E-state index in [-0.39, 0.29) is 62.8 Å². The fraction of sp³-hybridized carbons (Fsp3) is 0.731. The second kappa shape index (κ2) is 44.2. The summed E-state index contributed by atoms with van der Waals surface area (Å²) in [4.78, 5) is 282. The number of carbonyl (C=O) groups is 21. The van der Waals surface area contributed by atoms with Crippen molar-refractivity contribution in [3.05, 3.63) is 0 Å². The minimum atomic E-state index is -1.89. The number of carbonyl (C=O) groups excluding carboxylic acids is 21. The Morgan fingerprint density at radius 3 is 1.20 bits per heavy atom. The summed E-state index contributed by atoms with van der Waals surface area (Å²) in [6, 6.07) is -11.7. The minimum Gasteiger partial charge on any atom is -0.370 e. The highest BCUT2D eigenvalue weighted by atomic mass is 16.2. The number of likely N-dealkylation sites (tertiary alicyclic amines) is 1. The molecule has 0 aromatic heterocycles. The van der Waals surface area contributed by atoms with Crippen molar-refractivity contribution in [3.63, 3.8) is 0 Å². The van der Waals surface area contributed by atoms with Crippen LogP contribution in [0.15, 0.2) is 0 Å². The van der Waals surface area contributed by atoms with Gasteiger partial charge in [-0.15, -0.1) is 0 Å². The van der Waals surface area contributed by atoms with Gasteiger partial charge in [0.1, 0.15) is 98.9 Å². The number of nitrogens with zero attached hydrogens (tertiary/aromatic N) is 1. The topological polar surface area (TPSA) is 618 Å². The second-order valence-corrected chi connectivity index (χ2v) is 35.5. The normalized spacial score (nSPS) is 15.8. The molecule has 0 aromatic rings. The Labute approximate surface area is 696 Å². The van der Waals surface area contributed by atoms with Gasteiger partial charge in [0.05, 0.1) is 12.6 Å². The van der Waals surface area contributed by atoms with Crippen molar-refractivity contribution in [3.8, 4) is 0 Å². The number of hydrogen-bond acceptors (Lipinski definition) is 21. The highest BCUT2D eigenvalue weighted by molar-refractivity contribution is 6.04. The number of nitrogens with one attached hydrogen (secondary N) is 17. The van der Waals surface area contributed by atoms with Crippen LogP contribution in [0.25, 0.3) is 0 Å². The lowest BCUT2D eigenvalue weighted by atomic mass is 9.93. The van der Waals surface area contributed by atoms with Crippen LogP contribution >= 0.6 is 0 Å². The van der Waals surface area contributed by atoms with Gasteiger partial charge in [0.25, 0.3) is 0 Å². The van der Waals surface area contributed by atoms with Gasteiger partial charge in [-0.25, -0.2) is 0 Å². The zero-order chi connectivity index (χ0) is 92.6. The quantitative estimate of drug-likeness (QED) is 0.0259. The Morgan fingerprint density at radius 1 is 0.395 bits per heavy atom. The van der Waals surface area contributed by atoms with Gasteiger partial charge in [0, 0.05) is 26.3 Å². The molecule has 20 amide bonds. The number of rotatable bonds is 47. The fourth-order valence-corrected chi connectivity index (χ4v) is 11.7. The molecule has 1 fully saturated rings. The maximum atomic E-state index is 14.3. The zero-order valence-corrected chi connectivity index (χ0v) is 74.0. The van der Waals surface area contributed by atoms with E-state index in [1.807, 2.05) is 0 Å². The van der Waals surface area contributed by atoms with Crippen LogP contribution in [0.2, 0.25) is 0 Å². The Hall–Kier alpha value is -10.9. The van der Waals surface area contributed by atoms with Crippen LogP contribution in [0.4, 0.5) is 0 Å². The first kappa shape index (κ1) is 106. The molecule has 0 radical (unpaired) electrons. The highest BCUT2D eigenvalue weighted by Crippen LogP contribution is 2.24. The summed E-state index contributed by atoms with van der Waals surface area (Å²) in [5.74, 6) is -17.2. The summed E-state index contributed by atoms with van der Waals surface area (Å²) < 4.78 is 0. The van der Waals surface area contributed by atoms with Crippen molar-refractivity contribution in [1.82, 2.24) is 95.3 Å². The van der Waals surface area contributed by atoms with Gasteiger partial charge in [-0.05, 0) is 187 Å². The Balaban J connectivity index is 3.12. The first-order chi connectivity index (χ1) is 54.2. The molecule has 0 saturated carbocycles. The second-order valence-electron chi connectivity index (χ2n) is 35.5. The first-order valence-electron chi connectivity index (χ1n) is 39.8. The molecule has 10 atom stereocenters. The van der Waals surface area contributed by atoms with Crippen LogP contribution in [0.3, 0.4) is 0 Å². The molecule has 1 saturated heterocycles. The van der Waals surface area contributed by atoms with Crippen molar-refractivity contribution < 1.29 is 101 Å². The molecular weight excluding hydrogens is 1550 g/mol. The lowest BCUT2D eigenvalue weighted by molar-refractivity contribution is -0.145. The average molecular weight is 1690 g/mol. The van der Waals surface area contributed by atoms with Gasteiger partial charge < -0.3 is 112 Å². The molecule has 21 N–H and O–H groups in total. The van der Waals surface area contributed by atoms with Crippen molar-refractivity contribution >= 4 is 124 Å². The molecule has 672 valence electrons. The smallest absolute Gasteiger partial charge is 0.248 e. The molecule has 1 aliphatic heterocycles. The van der Waals surface area contributed by atoms with Crippen LogP contribution in [0.5, 0.6) is 0 Å². The predicted molar refractivity (Wildman–Crippen MR) is 435 cm³/mol. The molecule has 119 heavy (non-hydrogen) atoms. The van der Waals surface area contributed by atoms with Gasteiger partial charge >= 0.3 is 0 Å². The van der Waals surface area contributed by atoms with E-state index in [9.17, 15) is 101 Å². The lowest BCUT2D eigenvalue weighted by Crippen LogP contribution is -2.66. The third kappa shape index (κ3) is 33.8. The van der Waals surface area contributed by atoms with Crippen LogP contribution in [0, 0.1) is 17.8 Å². The van der Waals surface area contributed by atoms with E-state index < -0.39 is 236 Å². The van der Waals surface area contributed by atoms with Gasteiger partial charge in [-0.2, -0.15) is 0 Å². The largest absolute Gasteiger partial charge is 0.370 e. The summed E-state index contributed by atoms with van der Waals surface area (Å²) in [5, 5.41) is 43.0. The van der Waals surface area contributed by atoms with Crippen LogP contribution < -0.4 is 102 Å². The van der Waals surface area contributed by atoms with Crippen LogP contribution in [0.1, 0.15) is 238 Å². The van der Waals surface area contributed by atoms with Gasteiger partial charge in [-0.3, -0.25) is 95.9 Å². The van der Waals surface area contributed by atoms with Crippen molar-refractivity contribution in [2.75, 3.05) is 13.1 Å². The number of primary amides is 2. The van der Waals surface area contributed by atoms with E-state index in [2.05, 4.69) is 90.4 Å². The molecule has 1 heterocycles. The molecule has 0 aliphatic carbocycles. The summed E-state index contributed by atoms with van der Waals surface area (Å²) >= 11 is 0. The Bertz CT molecular complexity index is 3790. The molecule has 41 nitrogen and oxygen atoms in total. The van der Waals surface area contributed by atoms with E-state index in [0.29, 0.717) is 12.7 Å². The summed E-state index contributed by atoms with van der Waals surface area (Å²) in [7, 11) is 0. The fourth-order valence-electron chi connectivity index (χ4n) is 11.7. The zero-order valence-electron chi connectivity index (χ0n) is 74.0. The number of amides is 20. The molecule has 10 unspecified atom stereocenters. The standard InChI is InChI=1S/C78H134N20O21/c1-27-78(26,69(118)88-46(30-32-52(79)101)58(107)86-50(38-99)41(6)7)97-68(117)76(22,23)95-60(109)48(35-39(2)3)85-62(111)51-29-28-34-98(51)70(119)77(24,25)92-57(106)44(10)83-55(104)42(8)82-56(105)43(9)84-64(113)74(18,19)96-67(116)75(20,21)93-59(108)47(31-33-53(80)102)87-66(115)73(16,17)94-61(110)49(36-40(4)5)89-65(114)72(14,15)91-54(103)37-81-63(112)71(12,13)90-45(11)100/h38-44,46-51H,27-37H2,1-26H3,(H2,79,101)(H2,80,102)(H,81,112)(H,82,105)(H,83,104)(H,84,113)(H,85,111)(H,86,107)(H,87,115)(H,88,118)(H,89,114)(H,90,100)(H,91,103)(H,92,106)(H,93,108)(H,94,110)(H,95,109)(H,96,116)(H,97,117). The summed E-state index contributed by atoms with van der Waals surface area (Å²) in [6.07, 6.45) is -0.316. The molecule has 1 aliphatic rings. The monoisotopic (exact) mass is 1690 g/mol. The molecule has 1 rings (SSSR count). The molecule has 41 heteroatoms. The number of nitrogens with two attached hydrogens (primary N) is 2. The summed E-state index contributed by atoms with van der Waals surface area (Å²) in [6.45, 7) is 36.6. The van der Waals surface area contributed by atoms with Gasteiger partial charge in [0.2, 0.25) is 118 Å². The lowest BCUT2D eigenvalue weighted by Gasteiger charge is -2.36. The van der Waals surface area contributed by atoms with E-state index >= 15 is 0 Å². The third-order valence-corrected chi connectivity index (χ3v) is 19.6. The maximum Gasteiger partial charge on any atom is 0.248 e. The van der Waals surface area contributed by atoms with Crippen LogP contribution in [-0.4, -0.2) is 241 Å². The number of aldehydes is 1. The van der Waals surface area contributed by atoms with E-state index in [4.69, 9.17) is 11.5 Å². The highest BCUT2D eigenvalue weighted by Gasteiger charge is 2.47. The molecule has 0 bridgehead atoms. The Morgan fingerprint density at radius 2 is 0.765 bits per heavy atom. The predicted octanol–water partition coefficient (Wildman–Crippen LogP) is -3.92. The SMILES string of the molecule is CCC(C)(NC(=O)C(C)(C)NC(=O)C(CC(C)C)NC(=O)C1CCCN1C(=O)C(C)(C)NC(=O)C(C)NC(=O)C(C)NC(=O)C(C)NC(=O)C(C)(C)NC(=O)C(C)(C)NC(=O)C(CCC(N)=O)NC(=O)C(C)(C)NC(=O)C(CC(C)C)NC(=O)C(C)(C)NC(=O)CNC(=O)C(C)(C)NC(C)=O)C(=O)NC(CCC(N)=O)C(=O)NC(C=O)C(C)C. The van der Waals surface area contributed by atoms with Crippen LogP contribution in [-0.2, 0) is 101 Å². The Kier molecular flexibility index (Phi) is 39.4. The average Bonchev–Trinajstić information content (AvgIpc) is 1.59. The number of hydrogen-bond donors (Lipinski definition) is 19. The minimum absolute atomic E-state index is 0.0299.